The van der Waals surface area contributed by atoms with Crippen molar-refractivity contribution in [2.75, 3.05) is 33.3 Å². The molecule has 0 spiro atoms. The average molecular weight is 446 g/mol. The predicted molar refractivity (Wildman–Crippen MR) is 117 cm³/mol. The second kappa shape index (κ2) is 11.4. The number of rotatable bonds is 7. The van der Waals surface area contributed by atoms with Gasteiger partial charge in [0.1, 0.15) is 11.6 Å². The number of amides is 1. The van der Waals surface area contributed by atoms with Gasteiger partial charge in [-0.15, -0.1) is 12.4 Å². The molecule has 0 aromatic heterocycles. The summed E-state index contributed by atoms with van der Waals surface area (Å²) in [6.45, 7) is 2.23. The van der Waals surface area contributed by atoms with Gasteiger partial charge in [-0.2, -0.15) is 5.26 Å². The second-order valence-electron chi connectivity index (χ2n) is 7.24. The summed E-state index contributed by atoms with van der Waals surface area (Å²) in [4.78, 5) is 28.6. The smallest absolute Gasteiger partial charge is 0.270 e. The SMILES string of the molecule is COc1ccccc1C(=O)N(C#N)CCN1CCC(C(=O)c2ccc(F)cc2)CC1.Cl. The summed E-state index contributed by atoms with van der Waals surface area (Å²) in [6, 6.07) is 12.5. The molecule has 2 aromatic rings. The molecule has 2 aromatic carbocycles. The van der Waals surface area contributed by atoms with E-state index in [1.807, 2.05) is 6.19 Å². The Kier molecular flexibility index (Phi) is 8.98. The number of halogens is 2. The second-order valence-corrected chi connectivity index (χ2v) is 7.24. The van der Waals surface area contributed by atoms with Crippen molar-refractivity contribution < 1.29 is 18.7 Å². The van der Waals surface area contributed by atoms with Crippen LogP contribution in [0.4, 0.5) is 4.39 Å². The van der Waals surface area contributed by atoms with E-state index in [1.54, 1.807) is 24.3 Å². The summed E-state index contributed by atoms with van der Waals surface area (Å²) in [5.74, 6) is -0.362. The maximum atomic E-state index is 13.1. The van der Waals surface area contributed by atoms with Crippen LogP contribution in [-0.2, 0) is 0 Å². The summed E-state index contributed by atoms with van der Waals surface area (Å²) in [5, 5.41) is 9.44. The highest BCUT2D eigenvalue weighted by molar-refractivity contribution is 5.98. The summed E-state index contributed by atoms with van der Waals surface area (Å²) in [6.07, 6.45) is 3.36. The molecule has 3 rings (SSSR count). The van der Waals surface area contributed by atoms with Gasteiger partial charge in [0.05, 0.1) is 12.7 Å². The van der Waals surface area contributed by atoms with Gasteiger partial charge in [-0.25, -0.2) is 9.29 Å². The molecule has 6 nitrogen and oxygen atoms in total. The lowest BCUT2D eigenvalue weighted by atomic mass is 9.89. The fourth-order valence-corrected chi connectivity index (χ4v) is 3.67. The number of benzene rings is 2. The Bertz CT molecular complexity index is 938. The van der Waals surface area contributed by atoms with Crippen LogP contribution in [0.2, 0.25) is 0 Å². The number of para-hydroxylation sites is 1. The van der Waals surface area contributed by atoms with Crippen LogP contribution in [0.5, 0.6) is 5.75 Å². The molecule has 1 fully saturated rings. The van der Waals surface area contributed by atoms with Crippen LogP contribution in [0.1, 0.15) is 33.6 Å². The average Bonchev–Trinajstić information content (AvgIpc) is 2.79. The Hall–Kier alpha value is -2.95. The van der Waals surface area contributed by atoms with E-state index in [2.05, 4.69) is 4.90 Å². The number of likely N-dealkylation sites (tertiary alicyclic amines) is 1. The van der Waals surface area contributed by atoms with Gasteiger partial charge < -0.3 is 9.64 Å². The summed E-state index contributed by atoms with van der Waals surface area (Å²) < 4.78 is 18.3. The molecule has 1 aliphatic rings. The molecule has 1 heterocycles. The topological polar surface area (TPSA) is 73.6 Å². The van der Waals surface area contributed by atoms with Crippen LogP contribution in [0, 0.1) is 23.2 Å². The molecule has 0 unspecified atom stereocenters. The fraction of sp³-hybridized carbons (Fsp3) is 0.348. The molecule has 0 aliphatic carbocycles. The molecule has 0 saturated carbocycles. The van der Waals surface area contributed by atoms with Crippen LogP contribution in [-0.4, -0.2) is 54.8 Å². The summed E-state index contributed by atoms with van der Waals surface area (Å²) in [7, 11) is 1.49. The zero-order valence-electron chi connectivity index (χ0n) is 17.3. The van der Waals surface area contributed by atoms with Gasteiger partial charge in [-0.05, 0) is 62.3 Å². The van der Waals surface area contributed by atoms with E-state index >= 15 is 0 Å². The molecule has 164 valence electrons. The third-order valence-corrected chi connectivity index (χ3v) is 5.43. The van der Waals surface area contributed by atoms with Crippen LogP contribution < -0.4 is 4.74 Å². The van der Waals surface area contributed by atoms with Crippen molar-refractivity contribution in [1.82, 2.24) is 9.80 Å². The van der Waals surface area contributed by atoms with Crippen LogP contribution >= 0.6 is 12.4 Å². The number of ether oxygens (including phenoxy) is 1. The van der Waals surface area contributed by atoms with E-state index in [0.717, 1.165) is 4.90 Å². The monoisotopic (exact) mass is 445 g/mol. The third kappa shape index (κ3) is 6.03. The number of nitriles is 1. The first-order valence-corrected chi connectivity index (χ1v) is 9.90. The normalized spacial score (nSPS) is 14.2. The number of methoxy groups -OCH3 is 1. The Balaban J connectivity index is 0.00000341. The fourth-order valence-electron chi connectivity index (χ4n) is 3.67. The van der Waals surface area contributed by atoms with Gasteiger partial charge in [-0.1, -0.05) is 12.1 Å². The van der Waals surface area contributed by atoms with Gasteiger partial charge in [-0.3, -0.25) is 9.59 Å². The van der Waals surface area contributed by atoms with E-state index in [4.69, 9.17) is 4.74 Å². The minimum absolute atomic E-state index is 0. The molecule has 0 atom stereocenters. The lowest BCUT2D eigenvalue weighted by Crippen LogP contribution is -2.41. The molecule has 1 saturated heterocycles. The quantitative estimate of drug-likeness (QED) is 0.368. The molecule has 0 radical (unpaired) electrons. The lowest BCUT2D eigenvalue weighted by molar-refractivity contribution is 0.0785. The zero-order chi connectivity index (χ0) is 21.5. The van der Waals surface area contributed by atoms with Gasteiger partial charge >= 0.3 is 0 Å². The Morgan fingerprint density at radius 3 is 2.42 bits per heavy atom. The minimum atomic E-state index is -0.392. The van der Waals surface area contributed by atoms with Gasteiger partial charge in [0.25, 0.3) is 5.91 Å². The molecule has 8 heteroatoms. The highest BCUT2D eigenvalue weighted by atomic mass is 35.5. The van der Waals surface area contributed by atoms with Crippen molar-refractivity contribution in [2.45, 2.75) is 12.8 Å². The summed E-state index contributed by atoms with van der Waals surface area (Å²) in [5.41, 5.74) is 0.887. The van der Waals surface area contributed by atoms with Gasteiger partial charge in [0.15, 0.2) is 12.0 Å². The van der Waals surface area contributed by atoms with E-state index in [1.165, 1.54) is 31.4 Å². The minimum Gasteiger partial charge on any atom is -0.496 e. The number of carbonyl (C=O) groups excluding carboxylic acids is 2. The Labute approximate surface area is 187 Å². The van der Waals surface area contributed by atoms with Crippen molar-refractivity contribution in [2.24, 2.45) is 5.92 Å². The first-order chi connectivity index (χ1) is 14.5. The summed E-state index contributed by atoms with van der Waals surface area (Å²) >= 11 is 0. The number of carbonyl (C=O) groups is 2. The maximum Gasteiger partial charge on any atom is 0.270 e. The van der Waals surface area contributed by atoms with Gasteiger partial charge in [0, 0.05) is 24.6 Å². The number of nitrogens with zero attached hydrogens (tertiary/aromatic N) is 3. The number of hydrogen-bond donors (Lipinski definition) is 0. The maximum absolute atomic E-state index is 13.1. The molecule has 1 aliphatic heterocycles. The third-order valence-electron chi connectivity index (χ3n) is 5.43. The number of piperidine rings is 1. The van der Waals surface area contributed by atoms with Crippen molar-refractivity contribution in [1.29, 1.82) is 5.26 Å². The van der Waals surface area contributed by atoms with Crippen molar-refractivity contribution in [3.63, 3.8) is 0 Å². The largest absolute Gasteiger partial charge is 0.496 e. The van der Waals surface area contributed by atoms with E-state index in [-0.39, 0.29) is 36.5 Å². The van der Waals surface area contributed by atoms with Crippen LogP contribution in [0.3, 0.4) is 0 Å². The highest BCUT2D eigenvalue weighted by Gasteiger charge is 2.27. The van der Waals surface area contributed by atoms with Crippen LogP contribution in [0.25, 0.3) is 0 Å². The number of ketones is 1. The Morgan fingerprint density at radius 1 is 1.16 bits per heavy atom. The zero-order valence-corrected chi connectivity index (χ0v) is 18.1. The van der Waals surface area contributed by atoms with E-state index in [0.29, 0.717) is 49.4 Å². The first kappa shape index (κ1) is 24.3. The molecule has 31 heavy (non-hydrogen) atoms. The molecule has 0 N–H and O–H groups in total. The van der Waals surface area contributed by atoms with Crippen molar-refractivity contribution in [3.8, 4) is 11.9 Å². The highest BCUT2D eigenvalue weighted by Crippen LogP contribution is 2.23. The molecule has 0 bridgehead atoms. The van der Waals surface area contributed by atoms with Crippen molar-refractivity contribution >= 4 is 24.1 Å². The first-order valence-electron chi connectivity index (χ1n) is 9.90. The van der Waals surface area contributed by atoms with Gasteiger partial charge in [0.2, 0.25) is 0 Å². The standard InChI is InChI=1S/C23H24FN3O3.ClH/c1-30-21-5-3-2-4-20(21)23(29)27(16-25)15-14-26-12-10-18(11-13-26)22(28)17-6-8-19(24)9-7-17;/h2-9,18H,10-15H2,1H3;1H. The van der Waals surface area contributed by atoms with E-state index < -0.39 is 5.91 Å². The van der Waals surface area contributed by atoms with Crippen LogP contribution in [0.15, 0.2) is 48.5 Å². The lowest BCUT2D eigenvalue weighted by Gasteiger charge is -2.32. The van der Waals surface area contributed by atoms with E-state index in [9.17, 15) is 19.2 Å². The number of hydrogen-bond acceptors (Lipinski definition) is 5. The van der Waals surface area contributed by atoms with Crippen molar-refractivity contribution in [3.05, 3.63) is 65.5 Å². The number of Topliss-reactive ketones (excluding diaryl/α,β-unsaturated/α-hetero) is 1. The molecular weight excluding hydrogens is 421 g/mol. The molecular formula is C23H25ClFN3O3. The Morgan fingerprint density at radius 2 is 1.81 bits per heavy atom. The molecule has 1 amide bonds. The predicted octanol–water partition coefficient (Wildman–Crippen LogP) is 3.77.